The van der Waals surface area contributed by atoms with E-state index in [9.17, 15) is 9.59 Å². The molecule has 0 saturated heterocycles. The van der Waals surface area contributed by atoms with Crippen LogP contribution >= 0.6 is 0 Å². The molecule has 0 radical (unpaired) electrons. The molecule has 0 saturated carbocycles. The van der Waals surface area contributed by atoms with Crippen LogP contribution in [0.25, 0.3) is 0 Å². The molecular formula is C13H25NO4. The largest absolute Gasteiger partial charge is 0.481 e. The summed E-state index contributed by atoms with van der Waals surface area (Å²) in [6, 6.07) is 0. The number of hydrogen-bond acceptors (Lipinski definition) is 3. The van der Waals surface area contributed by atoms with Gasteiger partial charge in [0.25, 0.3) is 0 Å². The second-order valence-corrected chi connectivity index (χ2v) is 5.50. The lowest BCUT2D eigenvalue weighted by Gasteiger charge is -2.22. The van der Waals surface area contributed by atoms with E-state index >= 15 is 0 Å². The lowest BCUT2D eigenvalue weighted by atomic mass is 9.85. The zero-order valence-electron chi connectivity index (χ0n) is 11.5. The third-order valence-corrected chi connectivity index (χ3v) is 2.97. The highest BCUT2D eigenvalue weighted by Crippen LogP contribution is 2.24. The Bertz CT molecular complexity index is 276. The van der Waals surface area contributed by atoms with Gasteiger partial charge in [-0.3, -0.25) is 9.59 Å². The third kappa shape index (κ3) is 8.06. The molecule has 1 atom stereocenters. The van der Waals surface area contributed by atoms with E-state index < -0.39 is 11.4 Å². The van der Waals surface area contributed by atoms with Gasteiger partial charge in [-0.1, -0.05) is 27.2 Å². The summed E-state index contributed by atoms with van der Waals surface area (Å²) in [6.07, 6.45) is 1.76. The number of carbonyl (C=O) groups excluding carboxylic acids is 1. The van der Waals surface area contributed by atoms with E-state index in [4.69, 9.17) is 10.2 Å². The Morgan fingerprint density at radius 1 is 1.28 bits per heavy atom. The number of carboxylic acid groups (broad SMARTS) is 1. The van der Waals surface area contributed by atoms with Crippen molar-refractivity contribution in [2.75, 3.05) is 13.2 Å². The van der Waals surface area contributed by atoms with Crippen LogP contribution in [0, 0.1) is 11.3 Å². The summed E-state index contributed by atoms with van der Waals surface area (Å²) in [4.78, 5) is 22.3. The monoisotopic (exact) mass is 259 g/mol. The van der Waals surface area contributed by atoms with Crippen molar-refractivity contribution in [3.63, 3.8) is 0 Å². The van der Waals surface area contributed by atoms with Gasteiger partial charge in [-0.25, -0.2) is 0 Å². The van der Waals surface area contributed by atoms with E-state index in [1.54, 1.807) is 13.8 Å². The predicted octanol–water partition coefficient (Wildman–Crippen LogP) is 1.40. The minimum atomic E-state index is -0.889. The van der Waals surface area contributed by atoms with Crippen LogP contribution < -0.4 is 5.32 Å². The average molecular weight is 259 g/mol. The van der Waals surface area contributed by atoms with E-state index in [0.29, 0.717) is 13.0 Å². The lowest BCUT2D eigenvalue weighted by molar-refractivity contribution is -0.139. The van der Waals surface area contributed by atoms with Crippen molar-refractivity contribution in [1.82, 2.24) is 5.32 Å². The van der Waals surface area contributed by atoms with Gasteiger partial charge in [0, 0.05) is 19.6 Å². The van der Waals surface area contributed by atoms with Crippen molar-refractivity contribution in [3.05, 3.63) is 0 Å². The number of nitrogens with one attached hydrogen (secondary N) is 1. The second-order valence-electron chi connectivity index (χ2n) is 5.50. The SMILES string of the molecule is CCC(CCO)CNC(=O)CC(C)(C)CC(=O)O. The van der Waals surface area contributed by atoms with Crippen molar-refractivity contribution in [2.24, 2.45) is 11.3 Å². The Morgan fingerprint density at radius 3 is 2.33 bits per heavy atom. The van der Waals surface area contributed by atoms with E-state index in [2.05, 4.69) is 5.32 Å². The number of aliphatic hydroxyl groups is 1. The summed E-state index contributed by atoms with van der Waals surface area (Å²) in [6.45, 7) is 6.22. The summed E-state index contributed by atoms with van der Waals surface area (Å²) >= 11 is 0. The molecule has 0 aromatic carbocycles. The highest BCUT2D eigenvalue weighted by Gasteiger charge is 2.25. The van der Waals surface area contributed by atoms with Crippen molar-refractivity contribution in [3.8, 4) is 0 Å². The number of aliphatic hydroxyl groups excluding tert-OH is 1. The summed E-state index contributed by atoms with van der Waals surface area (Å²) in [5.74, 6) is -0.737. The Balaban J connectivity index is 4.06. The van der Waals surface area contributed by atoms with Gasteiger partial charge < -0.3 is 15.5 Å². The number of aliphatic carboxylic acids is 1. The first-order valence-electron chi connectivity index (χ1n) is 6.40. The van der Waals surface area contributed by atoms with Gasteiger partial charge in [0.05, 0.1) is 6.42 Å². The van der Waals surface area contributed by atoms with Gasteiger partial charge in [-0.05, 0) is 17.8 Å². The normalized spacial score (nSPS) is 13.1. The first kappa shape index (κ1) is 16.9. The molecule has 106 valence electrons. The first-order chi connectivity index (χ1) is 8.30. The van der Waals surface area contributed by atoms with E-state index in [1.165, 1.54) is 0 Å². The molecule has 0 heterocycles. The first-order valence-corrected chi connectivity index (χ1v) is 6.40. The number of amides is 1. The van der Waals surface area contributed by atoms with Gasteiger partial charge in [0.2, 0.25) is 5.91 Å². The fraction of sp³-hybridized carbons (Fsp3) is 0.846. The van der Waals surface area contributed by atoms with Crippen LogP contribution in [0.15, 0.2) is 0 Å². The molecule has 0 rings (SSSR count). The molecule has 0 aromatic heterocycles. The molecule has 1 amide bonds. The molecule has 0 fully saturated rings. The summed E-state index contributed by atoms with van der Waals surface area (Å²) in [5.41, 5.74) is -0.533. The second kappa shape index (κ2) is 8.08. The minimum Gasteiger partial charge on any atom is -0.481 e. The number of carboxylic acids is 1. The molecule has 3 N–H and O–H groups in total. The minimum absolute atomic E-state index is 0.0196. The average Bonchev–Trinajstić information content (AvgIpc) is 2.21. The maximum Gasteiger partial charge on any atom is 0.303 e. The summed E-state index contributed by atoms with van der Waals surface area (Å²) < 4.78 is 0. The maximum absolute atomic E-state index is 11.7. The van der Waals surface area contributed by atoms with Gasteiger partial charge in [0.1, 0.15) is 0 Å². The molecule has 0 aliphatic carbocycles. The van der Waals surface area contributed by atoms with Crippen LogP contribution in [0.1, 0.15) is 46.5 Å². The Morgan fingerprint density at radius 2 is 1.89 bits per heavy atom. The van der Waals surface area contributed by atoms with Crippen LogP contribution in [0.5, 0.6) is 0 Å². The maximum atomic E-state index is 11.7. The van der Waals surface area contributed by atoms with E-state index in [-0.39, 0.29) is 31.3 Å². The van der Waals surface area contributed by atoms with Gasteiger partial charge >= 0.3 is 5.97 Å². The van der Waals surface area contributed by atoms with Crippen LogP contribution in [0.2, 0.25) is 0 Å². The fourth-order valence-electron chi connectivity index (χ4n) is 1.86. The summed E-state index contributed by atoms with van der Waals surface area (Å²) in [5, 5.41) is 20.4. The molecule has 5 heteroatoms. The topological polar surface area (TPSA) is 86.6 Å². The van der Waals surface area contributed by atoms with Crippen molar-refractivity contribution in [1.29, 1.82) is 0 Å². The Labute approximate surface area is 109 Å². The number of hydrogen-bond donors (Lipinski definition) is 3. The third-order valence-electron chi connectivity index (χ3n) is 2.97. The molecule has 0 aliphatic heterocycles. The zero-order chi connectivity index (χ0) is 14.2. The van der Waals surface area contributed by atoms with E-state index in [0.717, 1.165) is 6.42 Å². The lowest BCUT2D eigenvalue weighted by Crippen LogP contribution is -2.33. The van der Waals surface area contributed by atoms with Crippen molar-refractivity contribution in [2.45, 2.75) is 46.5 Å². The highest BCUT2D eigenvalue weighted by atomic mass is 16.4. The van der Waals surface area contributed by atoms with Crippen molar-refractivity contribution >= 4 is 11.9 Å². The van der Waals surface area contributed by atoms with Gasteiger partial charge in [-0.2, -0.15) is 0 Å². The van der Waals surface area contributed by atoms with Crippen LogP contribution in [0.3, 0.4) is 0 Å². The Kier molecular flexibility index (Phi) is 7.59. The molecule has 0 bridgehead atoms. The van der Waals surface area contributed by atoms with Crippen LogP contribution in [0.4, 0.5) is 0 Å². The number of rotatable bonds is 9. The van der Waals surface area contributed by atoms with Gasteiger partial charge in [0.15, 0.2) is 0 Å². The smallest absolute Gasteiger partial charge is 0.303 e. The molecule has 18 heavy (non-hydrogen) atoms. The molecule has 5 nitrogen and oxygen atoms in total. The van der Waals surface area contributed by atoms with Crippen molar-refractivity contribution < 1.29 is 19.8 Å². The fourth-order valence-corrected chi connectivity index (χ4v) is 1.86. The molecule has 0 aromatic rings. The summed E-state index contributed by atoms with van der Waals surface area (Å²) in [7, 11) is 0. The molecular weight excluding hydrogens is 234 g/mol. The number of carbonyl (C=O) groups is 2. The van der Waals surface area contributed by atoms with Gasteiger partial charge in [-0.15, -0.1) is 0 Å². The highest BCUT2D eigenvalue weighted by molar-refractivity contribution is 5.77. The van der Waals surface area contributed by atoms with Crippen LogP contribution in [-0.4, -0.2) is 35.2 Å². The van der Waals surface area contributed by atoms with Crippen LogP contribution in [-0.2, 0) is 9.59 Å². The predicted molar refractivity (Wildman–Crippen MR) is 69.1 cm³/mol. The van der Waals surface area contributed by atoms with E-state index in [1.807, 2.05) is 6.92 Å². The molecule has 0 spiro atoms. The molecule has 1 unspecified atom stereocenters. The molecule has 0 aliphatic rings. The standard InChI is InChI=1S/C13H25NO4/c1-4-10(5-6-15)9-14-11(16)7-13(2,3)8-12(17)18/h10,15H,4-9H2,1-3H3,(H,14,16)(H,17,18). The Hall–Kier alpha value is -1.10. The quantitative estimate of drug-likeness (QED) is 0.584. The zero-order valence-corrected chi connectivity index (χ0v) is 11.5.